The molecule has 0 spiro atoms. The third-order valence-corrected chi connectivity index (χ3v) is 6.96. The van der Waals surface area contributed by atoms with Gasteiger partial charge in [0.1, 0.15) is 5.57 Å². The zero-order chi connectivity index (χ0) is 24.9. The number of hydrogen-bond acceptors (Lipinski definition) is 4. The van der Waals surface area contributed by atoms with Crippen molar-refractivity contribution in [1.29, 1.82) is 0 Å². The third-order valence-electron chi connectivity index (χ3n) is 6.96. The quantitative estimate of drug-likeness (QED) is 0.494. The molecule has 1 saturated heterocycles. The second kappa shape index (κ2) is 8.42. The van der Waals surface area contributed by atoms with E-state index < -0.39 is 17.8 Å². The Balaban J connectivity index is 1.79. The van der Waals surface area contributed by atoms with Gasteiger partial charge in [0.05, 0.1) is 5.69 Å². The molecule has 0 aromatic heterocycles. The zero-order valence-electron chi connectivity index (χ0n) is 21.1. The summed E-state index contributed by atoms with van der Waals surface area (Å²) in [5.41, 5.74) is 6.54. The van der Waals surface area contributed by atoms with Gasteiger partial charge in [0.2, 0.25) is 0 Å². The largest absolute Gasteiger partial charge is 0.366 e. The van der Waals surface area contributed by atoms with Crippen molar-refractivity contribution in [3.05, 3.63) is 63.7 Å². The Hall–Kier alpha value is -3.41. The van der Waals surface area contributed by atoms with Gasteiger partial charge in [-0.05, 0) is 112 Å². The number of barbiturate groups is 1. The number of hydrogen-bond donors (Lipinski definition) is 1. The molecule has 178 valence electrons. The Morgan fingerprint density at radius 3 is 2.29 bits per heavy atom. The number of urea groups is 1. The predicted octanol–water partition coefficient (Wildman–Crippen LogP) is 5.39. The third kappa shape index (κ3) is 4.02. The SMILES string of the molecule is CCN1c2cc(C)c(/C=C3\C(=O)NC(=O)N(c4cc(C)cc(C)c4)C3=O)cc2[C@@H](C)CC1(C)C. The fraction of sp³-hybridized carbons (Fsp3) is 0.393. The molecule has 2 heterocycles. The summed E-state index contributed by atoms with van der Waals surface area (Å²) in [6.45, 7) is 15.6. The van der Waals surface area contributed by atoms with E-state index in [1.807, 2.05) is 26.8 Å². The van der Waals surface area contributed by atoms with Crippen LogP contribution in [0.2, 0.25) is 0 Å². The molecule has 4 amide bonds. The highest BCUT2D eigenvalue weighted by atomic mass is 16.2. The Morgan fingerprint density at radius 1 is 1.03 bits per heavy atom. The number of anilines is 2. The number of carbonyl (C=O) groups excluding carboxylic acids is 3. The van der Waals surface area contributed by atoms with Gasteiger partial charge < -0.3 is 4.90 Å². The summed E-state index contributed by atoms with van der Waals surface area (Å²) in [7, 11) is 0. The highest BCUT2D eigenvalue weighted by Crippen LogP contribution is 2.44. The zero-order valence-corrected chi connectivity index (χ0v) is 21.1. The molecule has 0 aliphatic carbocycles. The second-order valence-corrected chi connectivity index (χ2v) is 10.2. The van der Waals surface area contributed by atoms with E-state index in [0.717, 1.165) is 40.1 Å². The maximum Gasteiger partial charge on any atom is 0.335 e. The van der Waals surface area contributed by atoms with E-state index >= 15 is 0 Å². The number of fused-ring (bicyclic) bond motifs is 1. The first-order valence-corrected chi connectivity index (χ1v) is 11.8. The minimum atomic E-state index is -0.728. The highest BCUT2D eigenvalue weighted by Gasteiger charge is 2.38. The molecular formula is C28H33N3O3. The molecule has 0 unspecified atom stereocenters. The van der Waals surface area contributed by atoms with Gasteiger partial charge in [0.25, 0.3) is 11.8 Å². The average molecular weight is 460 g/mol. The number of benzene rings is 2. The second-order valence-electron chi connectivity index (χ2n) is 10.2. The van der Waals surface area contributed by atoms with Crippen LogP contribution in [0.5, 0.6) is 0 Å². The molecule has 1 N–H and O–H groups in total. The van der Waals surface area contributed by atoms with E-state index in [1.54, 1.807) is 18.2 Å². The molecule has 2 aliphatic heterocycles. The van der Waals surface area contributed by atoms with Crippen LogP contribution in [-0.2, 0) is 9.59 Å². The van der Waals surface area contributed by atoms with E-state index in [-0.39, 0.29) is 11.1 Å². The molecule has 2 aromatic rings. The van der Waals surface area contributed by atoms with Crippen LogP contribution in [0.4, 0.5) is 16.2 Å². The fourth-order valence-electron chi connectivity index (χ4n) is 5.53. The van der Waals surface area contributed by atoms with Crippen LogP contribution < -0.4 is 15.1 Å². The van der Waals surface area contributed by atoms with Crippen molar-refractivity contribution in [2.24, 2.45) is 0 Å². The lowest BCUT2D eigenvalue weighted by Gasteiger charge is -2.47. The van der Waals surface area contributed by atoms with E-state index in [9.17, 15) is 14.4 Å². The number of carbonyl (C=O) groups is 3. The molecule has 6 nitrogen and oxygen atoms in total. The lowest BCUT2D eigenvalue weighted by atomic mass is 9.79. The van der Waals surface area contributed by atoms with Crippen molar-refractivity contribution in [2.75, 3.05) is 16.3 Å². The minimum absolute atomic E-state index is 0.0436. The van der Waals surface area contributed by atoms with Crippen molar-refractivity contribution >= 4 is 35.3 Å². The van der Waals surface area contributed by atoms with Crippen LogP contribution in [0.15, 0.2) is 35.9 Å². The maximum absolute atomic E-state index is 13.4. The standard InChI is InChI=1S/C28H33N3O3/c1-8-30-24-12-18(4)20(13-22(24)19(5)15-28(30,6)7)14-23-25(32)29-27(34)31(26(23)33)21-10-16(2)9-17(3)11-21/h9-14,19H,8,15H2,1-7H3,(H,29,32,34)/b23-14+/t19-/m0/s1. The lowest BCUT2D eigenvalue weighted by molar-refractivity contribution is -0.122. The summed E-state index contributed by atoms with van der Waals surface area (Å²) in [5, 5.41) is 2.34. The molecule has 1 fully saturated rings. The molecular weight excluding hydrogens is 426 g/mol. The molecule has 2 aliphatic rings. The van der Waals surface area contributed by atoms with Crippen LogP contribution in [0, 0.1) is 20.8 Å². The first kappa shape index (κ1) is 23.7. The van der Waals surface area contributed by atoms with Crippen LogP contribution in [0.1, 0.15) is 67.9 Å². The molecule has 0 bridgehead atoms. The first-order chi connectivity index (χ1) is 15.9. The van der Waals surface area contributed by atoms with Gasteiger partial charge in [-0.25, -0.2) is 9.69 Å². The minimum Gasteiger partial charge on any atom is -0.366 e. The molecule has 1 atom stereocenters. The predicted molar refractivity (Wildman–Crippen MR) is 136 cm³/mol. The van der Waals surface area contributed by atoms with Gasteiger partial charge in [0, 0.05) is 17.8 Å². The van der Waals surface area contributed by atoms with Gasteiger partial charge in [-0.2, -0.15) is 0 Å². The monoisotopic (exact) mass is 459 g/mol. The smallest absolute Gasteiger partial charge is 0.335 e. The number of imide groups is 2. The molecule has 6 heteroatoms. The van der Waals surface area contributed by atoms with Crippen LogP contribution in [0.3, 0.4) is 0 Å². The maximum atomic E-state index is 13.4. The molecule has 34 heavy (non-hydrogen) atoms. The van der Waals surface area contributed by atoms with E-state index in [1.165, 1.54) is 11.3 Å². The summed E-state index contributed by atoms with van der Waals surface area (Å²) in [6, 6.07) is 9.03. The number of aryl methyl sites for hydroxylation is 3. The molecule has 2 aromatic carbocycles. The summed E-state index contributed by atoms with van der Waals surface area (Å²) in [6.07, 6.45) is 2.64. The summed E-state index contributed by atoms with van der Waals surface area (Å²) in [5.74, 6) is -0.938. The number of nitrogens with zero attached hydrogens (tertiary/aromatic N) is 2. The van der Waals surface area contributed by atoms with Gasteiger partial charge in [-0.15, -0.1) is 0 Å². The Kier molecular flexibility index (Phi) is 5.88. The molecule has 0 radical (unpaired) electrons. The van der Waals surface area contributed by atoms with Gasteiger partial charge >= 0.3 is 6.03 Å². The number of amides is 4. The Bertz CT molecular complexity index is 1220. The summed E-state index contributed by atoms with van der Waals surface area (Å²) >= 11 is 0. The number of rotatable bonds is 3. The average Bonchev–Trinajstić information content (AvgIpc) is 2.70. The van der Waals surface area contributed by atoms with E-state index in [2.05, 4.69) is 50.0 Å². The Labute approximate surface area is 201 Å². The summed E-state index contributed by atoms with van der Waals surface area (Å²) in [4.78, 5) is 42.2. The van der Waals surface area contributed by atoms with Gasteiger partial charge in [-0.3, -0.25) is 14.9 Å². The van der Waals surface area contributed by atoms with Crippen molar-refractivity contribution in [1.82, 2.24) is 5.32 Å². The number of nitrogens with one attached hydrogen (secondary N) is 1. The van der Waals surface area contributed by atoms with Crippen molar-refractivity contribution < 1.29 is 14.4 Å². The lowest BCUT2D eigenvalue weighted by Crippen LogP contribution is -2.54. The highest BCUT2D eigenvalue weighted by molar-refractivity contribution is 6.39. The topological polar surface area (TPSA) is 69.7 Å². The molecule has 4 rings (SSSR count). The van der Waals surface area contributed by atoms with Crippen LogP contribution in [0.25, 0.3) is 6.08 Å². The van der Waals surface area contributed by atoms with E-state index in [4.69, 9.17) is 0 Å². The van der Waals surface area contributed by atoms with Crippen LogP contribution in [-0.4, -0.2) is 29.9 Å². The van der Waals surface area contributed by atoms with Crippen molar-refractivity contribution in [2.45, 2.75) is 66.3 Å². The fourth-order valence-corrected chi connectivity index (χ4v) is 5.53. The normalized spacial score (nSPS) is 21.1. The van der Waals surface area contributed by atoms with E-state index in [0.29, 0.717) is 11.6 Å². The van der Waals surface area contributed by atoms with Gasteiger partial charge in [-0.1, -0.05) is 13.0 Å². The summed E-state index contributed by atoms with van der Waals surface area (Å²) < 4.78 is 0. The van der Waals surface area contributed by atoms with Crippen LogP contribution >= 0.6 is 0 Å². The van der Waals surface area contributed by atoms with Crippen molar-refractivity contribution in [3.8, 4) is 0 Å². The molecule has 0 saturated carbocycles. The van der Waals surface area contributed by atoms with Gasteiger partial charge in [0.15, 0.2) is 0 Å². The van der Waals surface area contributed by atoms with Crippen molar-refractivity contribution in [3.63, 3.8) is 0 Å². The Morgan fingerprint density at radius 2 is 1.68 bits per heavy atom. The first-order valence-electron chi connectivity index (χ1n) is 11.8.